The molecule has 6 nitrogen and oxygen atoms in total. The van der Waals surface area contributed by atoms with Crippen molar-refractivity contribution in [3.63, 3.8) is 0 Å². The van der Waals surface area contributed by atoms with E-state index >= 15 is 0 Å². The van der Waals surface area contributed by atoms with Crippen LogP contribution in [-0.4, -0.2) is 36.0 Å². The third-order valence-electron chi connectivity index (χ3n) is 3.46. The molecule has 0 radical (unpaired) electrons. The lowest BCUT2D eigenvalue weighted by Crippen LogP contribution is -2.37. The molecule has 0 amide bonds. The third kappa shape index (κ3) is 2.35. The zero-order valence-corrected chi connectivity index (χ0v) is 10.6. The zero-order valence-electron chi connectivity index (χ0n) is 10.6. The Labute approximate surface area is 106 Å². The van der Waals surface area contributed by atoms with E-state index in [2.05, 4.69) is 15.5 Å². The maximum Gasteiger partial charge on any atom is 0.321 e. The van der Waals surface area contributed by atoms with Crippen LogP contribution in [0.15, 0.2) is 4.52 Å². The van der Waals surface area contributed by atoms with Gasteiger partial charge in [-0.25, -0.2) is 0 Å². The van der Waals surface area contributed by atoms with E-state index in [1.165, 1.54) is 12.8 Å². The van der Waals surface area contributed by atoms with Gasteiger partial charge in [-0.2, -0.15) is 4.98 Å². The van der Waals surface area contributed by atoms with Crippen LogP contribution in [0.5, 0.6) is 0 Å². The first kappa shape index (κ1) is 11.9. The minimum Gasteiger partial charge on any atom is -0.381 e. The van der Waals surface area contributed by atoms with Crippen molar-refractivity contribution in [3.05, 3.63) is 5.82 Å². The largest absolute Gasteiger partial charge is 0.381 e. The molecule has 18 heavy (non-hydrogen) atoms. The maximum absolute atomic E-state index is 5.90. The molecule has 0 bridgehead atoms. The minimum atomic E-state index is -0.431. The molecule has 0 aromatic carbocycles. The van der Waals surface area contributed by atoms with Crippen LogP contribution in [0.3, 0.4) is 0 Å². The topological polar surface area (TPSA) is 69.4 Å². The summed E-state index contributed by atoms with van der Waals surface area (Å²) in [6.45, 7) is 3.99. The van der Waals surface area contributed by atoms with Crippen molar-refractivity contribution in [1.82, 2.24) is 10.1 Å². The number of rotatable bonds is 5. The van der Waals surface area contributed by atoms with Gasteiger partial charge in [0, 0.05) is 38.7 Å². The molecule has 2 fully saturated rings. The van der Waals surface area contributed by atoms with Crippen molar-refractivity contribution in [2.24, 2.45) is 0 Å². The Bertz CT molecular complexity index is 392. The molecule has 1 aromatic heterocycles. The van der Waals surface area contributed by atoms with Gasteiger partial charge in [-0.3, -0.25) is 0 Å². The summed E-state index contributed by atoms with van der Waals surface area (Å²) >= 11 is 0. The van der Waals surface area contributed by atoms with Gasteiger partial charge in [-0.15, -0.1) is 0 Å². The van der Waals surface area contributed by atoms with E-state index in [1.54, 1.807) is 0 Å². The Morgan fingerprint density at radius 1 is 1.39 bits per heavy atom. The van der Waals surface area contributed by atoms with Gasteiger partial charge in [0.2, 0.25) is 5.82 Å². The summed E-state index contributed by atoms with van der Waals surface area (Å²) in [6, 6.07) is 1.02. The van der Waals surface area contributed by atoms with E-state index < -0.39 is 5.60 Å². The third-order valence-corrected chi connectivity index (χ3v) is 3.46. The summed E-state index contributed by atoms with van der Waals surface area (Å²) in [5.41, 5.74) is -0.431. The molecular formula is C12H19N3O3. The summed E-state index contributed by atoms with van der Waals surface area (Å²) < 4.78 is 16.5. The predicted octanol–water partition coefficient (Wildman–Crippen LogP) is 1.69. The highest BCUT2D eigenvalue weighted by Gasteiger charge is 2.40. The van der Waals surface area contributed by atoms with Gasteiger partial charge in [0.25, 0.3) is 0 Å². The number of hydrogen-bond donors (Lipinski definition) is 1. The van der Waals surface area contributed by atoms with Crippen molar-refractivity contribution in [2.45, 2.75) is 44.2 Å². The zero-order chi connectivity index (χ0) is 12.4. The van der Waals surface area contributed by atoms with Gasteiger partial charge >= 0.3 is 6.01 Å². The number of nitrogens with zero attached hydrogens (tertiary/aromatic N) is 2. The molecule has 1 aliphatic heterocycles. The van der Waals surface area contributed by atoms with E-state index in [0.29, 0.717) is 37.7 Å². The Balaban J connectivity index is 1.77. The lowest BCUT2D eigenvalue weighted by atomic mass is 9.93. The average molecular weight is 253 g/mol. The molecule has 1 aliphatic carbocycles. The first-order chi connectivity index (χ1) is 8.82. The molecule has 2 heterocycles. The van der Waals surface area contributed by atoms with Crippen LogP contribution in [0.25, 0.3) is 0 Å². The second-order valence-electron chi connectivity index (χ2n) is 4.88. The van der Waals surface area contributed by atoms with Crippen LogP contribution in [0, 0.1) is 0 Å². The van der Waals surface area contributed by atoms with Gasteiger partial charge < -0.3 is 19.3 Å². The van der Waals surface area contributed by atoms with Gasteiger partial charge in [0.1, 0.15) is 5.60 Å². The Morgan fingerprint density at radius 2 is 2.17 bits per heavy atom. The highest BCUT2D eigenvalue weighted by Crippen LogP contribution is 2.35. The molecule has 1 saturated carbocycles. The normalized spacial score (nSPS) is 22.9. The second kappa shape index (κ2) is 4.85. The minimum absolute atomic E-state index is 0.431. The van der Waals surface area contributed by atoms with E-state index in [-0.39, 0.29) is 0 Å². The smallest absolute Gasteiger partial charge is 0.321 e. The van der Waals surface area contributed by atoms with Crippen LogP contribution >= 0.6 is 0 Å². The second-order valence-corrected chi connectivity index (χ2v) is 4.88. The van der Waals surface area contributed by atoms with Crippen molar-refractivity contribution >= 4 is 6.01 Å². The van der Waals surface area contributed by atoms with Crippen molar-refractivity contribution in [1.29, 1.82) is 0 Å². The molecule has 6 heteroatoms. The van der Waals surface area contributed by atoms with Crippen LogP contribution in [0.4, 0.5) is 6.01 Å². The predicted molar refractivity (Wildman–Crippen MR) is 64.3 cm³/mol. The average Bonchev–Trinajstić information content (AvgIpc) is 3.06. The fraction of sp³-hybridized carbons (Fsp3) is 0.833. The molecule has 0 atom stereocenters. The van der Waals surface area contributed by atoms with Crippen LogP contribution in [0.2, 0.25) is 0 Å². The van der Waals surface area contributed by atoms with Gasteiger partial charge in [-0.1, -0.05) is 5.16 Å². The number of anilines is 1. The highest BCUT2D eigenvalue weighted by atomic mass is 16.5. The molecule has 3 rings (SSSR count). The molecule has 0 spiro atoms. The van der Waals surface area contributed by atoms with Crippen LogP contribution < -0.4 is 5.32 Å². The van der Waals surface area contributed by atoms with E-state index in [9.17, 15) is 0 Å². The quantitative estimate of drug-likeness (QED) is 0.861. The fourth-order valence-electron chi connectivity index (χ4n) is 2.28. The monoisotopic (exact) mass is 253 g/mol. The Morgan fingerprint density at radius 3 is 2.83 bits per heavy atom. The number of hydrogen-bond acceptors (Lipinski definition) is 6. The Kier molecular flexibility index (Phi) is 3.22. The number of aromatic nitrogens is 2. The lowest BCUT2D eigenvalue weighted by Gasteiger charge is -2.33. The fourth-order valence-corrected chi connectivity index (χ4v) is 2.28. The van der Waals surface area contributed by atoms with Crippen molar-refractivity contribution in [3.8, 4) is 0 Å². The van der Waals surface area contributed by atoms with Crippen LogP contribution in [0.1, 0.15) is 38.4 Å². The van der Waals surface area contributed by atoms with Crippen molar-refractivity contribution in [2.75, 3.05) is 25.1 Å². The number of ether oxygens (including phenoxy) is 2. The SMILES string of the molecule is CCOC1(c2noc(NC3CC3)n2)CCOCC1. The standard InChI is InChI=1S/C12H19N3O3/c1-2-17-12(5-7-16-8-6-12)10-14-11(18-15-10)13-9-3-4-9/h9H,2-8H2,1H3,(H,13,14,15). The first-order valence-electron chi connectivity index (χ1n) is 6.65. The Hall–Kier alpha value is -1.14. The van der Waals surface area contributed by atoms with Crippen molar-refractivity contribution < 1.29 is 14.0 Å². The molecular weight excluding hydrogens is 234 g/mol. The highest BCUT2D eigenvalue weighted by molar-refractivity contribution is 5.24. The molecule has 1 N–H and O–H groups in total. The molecule has 100 valence electrons. The van der Waals surface area contributed by atoms with Gasteiger partial charge in [-0.05, 0) is 19.8 Å². The van der Waals surface area contributed by atoms with E-state index in [0.717, 1.165) is 12.8 Å². The van der Waals surface area contributed by atoms with E-state index in [4.69, 9.17) is 14.0 Å². The summed E-state index contributed by atoms with van der Waals surface area (Å²) in [6.07, 6.45) is 3.93. The molecule has 0 unspecified atom stereocenters. The first-order valence-corrected chi connectivity index (χ1v) is 6.65. The molecule has 2 aliphatic rings. The van der Waals surface area contributed by atoms with E-state index in [1.807, 2.05) is 6.92 Å². The maximum atomic E-state index is 5.90. The lowest BCUT2D eigenvalue weighted by molar-refractivity contribution is -0.118. The molecule has 1 aromatic rings. The van der Waals surface area contributed by atoms with Crippen LogP contribution in [-0.2, 0) is 15.1 Å². The summed E-state index contributed by atoms with van der Waals surface area (Å²) in [4.78, 5) is 4.44. The summed E-state index contributed by atoms with van der Waals surface area (Å²) in [5.74, 6) is 0.649. The summed E-state index contributed by atoms with van der Waals surface area (Å²) in [7, 11) is 0. The number of nitrogens with one attached hydrogen (secondary N) is 1. The van der Waals surface area contributed by atoms with Gasteiger partial charge in [0.05, 0.1) is 0 Å². The summed E-state index contributed by atoms with van der Waals surface area (Å²) in [5, 5.41) is 7.29. The van der Waals surface area contributed by atoms with Gasteiger partial charge in [0.15, 0.2) is 0 Å². The molecule has 1 saturated heterocycles.